The highest BCUT2D eigenvalue weighted by Gasteiger charge is 2.35. The highest BCUT2D eigenvalue weighted by atomic mass is 32.2. The number of halogens is 4. The summed E-state index contributed by atoms with van der Waals surface area (Å²) in [6, 6.07) is 11.2. The van der Waals surface area contributed by atoms with E-state index in [0.717, 1.165) is 0 Å². The van der Waals surface area contributed by atoms with Crippen molar-refractivity contribution in [2.24, 2.45) is 0 Å². The highest BCUT2D eigenvalue weighted by Crippen LogP contribution is 2.34. The summed E-state index contributed by atoms with van der Waals surface area (Å²) < 4.78 is 80.1. The molecule has 13 heteroatoms. The van der Waals surface area contributed by atoms with Crippen LogP contribution in [0.2, 0.25) is 0 Å². The predicted octanol–water partition coefficient (Wildman–Crippen LogP) is 5.44. The Morgan fingerprint density at radius 2 is 1.63 bits per heavy atom. The number of rotatable bonds is 8. The van der Waals surface area contributed by atoms with Crippen LogP contribution in [0.1, 0.15) is 49.9 Å². The first-order chi connectivity index (χ1) is 19.2. The molecule has 0 saturated carbocycles. The van der Waals surface area contributed by atoms with Gasteiger partial charge in [0.1, 0.15) is 4.75 Å². The highest BCUT2D eigenvalue weighted by molar-refractivity contribution is 7.94. The molecule has 0 unspecified atom stereocenters. The van der Waals surface area contributed by atoms with Crippen LogP contribution >= 0.6 is 0 Å². The van der Waals surface area contributed by atoms with Crippen LogP contribution in [0.15, 0.2) is 54.1 Å². The predicted molar refractivity (Wildman–Crippen MR) is 152 cm³/mol. The van der Waals surface area contributed by atoms with Gasteiger partial charge in [0, 0.05) is 50.4 Å². The number of nitrogens with zero attached hydrogens (tertiary/aromatic N) is 2. The largest absolute Gasteiger partial charge is 0.395 e. The topological polar surface area (TPSA) is 102 Å². The quantitative estimate of drug-likeness (QED) is 0.350. The Bertz CT molecular complexity index is 1410. The number of carbonyl (C=O) groups excluding carboxylic acids is 1. The normalized spacial score (nSPS) is 17.8. The SMILES string of the molecule is CC(C)(CO)S(=O)(=O)Nc1ccc(C(=O)Nc2cccc(N3CCC(F)(F)CC3)c2)c(N2CCC(=C(F)F)CC2)c1. The molecule has 224 valence electrons. The number of piperidine rings is 2. The summed E-state index contributed by atoms with van der Waals surface area (Å²) in [5.41, 5.74) is 1.89. The van der Waals surface area contributed by atoms with E-state index in [4.69, 9.17) is 0 Å². The monoisotopic (exact) mass is 598 g/mol. The summed E-state index contributed by atoms with van der Waals surface area (Å²) in [4.78, 5) is 17.1. The summed E-state index contributed by atoms with van der Waals surface area (Å²) in [6.45, 7) is 2.87. The number of aliphatic hydroxyl groups excluding tert-OH is 1. The number of anilines is 4. The molecular formula is C28H34F4N4O4S. The molecule has 0 aliphatic carbocycles. The van der Waals surface area contributed by atoms with Gasteiger partial charge in [0.15, 0.2) is 0 Å². The van der Waals surface area contributed by atoms with Crippen LogP contribution in [0, 0.1) is 0 Å². The number of hydrogen-bond acceptors (Lipinski definition) is 6. The third-order valence-corrected chi connectivity index (χ3v) is 9.63. The van der Waals surface area contributed by atoms with Crippen LogP contribution in [0.5, 0.6) is 0 Å². The van der Waals surface area contributed by atoms with Crippen LogP contribution < -0.4 is 19.8 Å². The van der Waals surface area contributed by atoms with Crippen LogP contribution in [0.3, 0.4) is 0 Å². The Balaban J connectivity index is 1.60. The molecule has 2 aromatic rings. The van der Waals surface area contributed by atoms with Crippen molar-refractivity contribution < 1.29 is 35.9 Å². The van der Waals surface area contributed by atoms with Gasteiger partial charge in [-0.1, -0.05) is 6.07 Å². The number of carbonyl (C=O) groups is 1. The van der Waals surface area contributed by atoms with Gasteiger partial charge in [-0.15, -0.1) is 0 Å². The Hall–Kier alpha value is -3.32. The molecule has 4 rings (SSSR count). The first-order valence-corrected chi connectivity index (χ1v) is 14.8. The molecule has 0 bridgehead atoms. The average molecular weight is 599 g/mol. The van der Waals surface area contributed by atoms with E-state index in [1.807, 2.05) is 4.90 Å². The zero-order valence-corrected chi connectivity index (χ0v) is 23.7. The molecule has 0 radical (unpaired) electrons. The van der Waals surface area contributed by atoms with E-state index in [-0.39, 0.29) is 68.7 Å². The van der Waals surface area contributed by atoms with Gasteiger partial charge in [-0.25, -0.2) is 17.2 Å². The Labute approximate surface area is 237 Å². The number of amides is 1. The number of hydrogen-bond donors (Lipinski definition) is 3. The molecule has 0 aromatic heterocycles. The van der Waals surface area contributed by atoms with E-state index in [1.165, 1.54) is 32.0 Å². The third-order valence-electron chi connectivity index (χ3n) is 7.54. The molecule has 2 fully saturated rings. The van der Waals surface area contributed by atoms with Crippen molar-refractivity contribution in [2.75, 3.05) is 52.6 Å². The molecule has 1 amide bonds. The summed E-state index contributed by atoms with van der Waals surface area (Å²) >= 11 is 0. The standard InChI is InChI=1S/C28H34F4N4O4S/c1-27(2,18-37)41(39,40)34-21-6-7-23(24(17-21)36-12-8-19(9-13-36)25(29)30)26(38)33-20-4-3-5-22(16-20)35-14-10-28(31,32)11-15-35/h3-7,16-17,34,37H,8-15,18H2,1-2H3,(H,33,38). The summed E-state index contributed by atoms with van der Waals surface area (Å²) in [5.74, 6) is -3.20. The number of alkyl halides is 2. The van der Waals surface area contributed by atoms with Gasteiger partial charge >= 0.3 is 0 Å². The molecular weight excluding hydrogens is 564 g/mol. The Morgan fingerprint density at radius 3 is 2.24 bits per heavy atom. The molecule has 2 aromatic carbocycles. The van der Waals surface area contributed by atoms with Crippen molar-refractivity contribution in [1.82, 2.24) is 0 Å². The van der Waals surface area contributed by atoms with Crippen molar-refractivity contribution in [3.8, 4) is 0 Å². The van der Waals surface area contributed by atoms with E-state index < -0.39 is 39.3 Å². The second-order valence-corrected chi connectivity index (χ2v) is 13.3. The van der Waals surface area contributed by atoms with Crippen molar-refractivity contribution in [3.63, 3.8) is 0 Å². The molecule has 0 spiro atoms. The lowest BCUT2D eigenvalue weighted by molar-refractivity contribution is -0.0220. The number of aliphatic hydroxyl groups is 1. The van der Waals surface area contributed by atoms with Crippen molar-refractivity contribution >= 4 is 38.7 Å². The summed E-state index contributed by atoms with van der Waals surface area (Å²) in [6.07, 6.45) is -2.04. The lowest BCUT2D eigenvalue weighted by Gasteiger charge is -2.33. The fourth-order valence-corrected chi connectivity index (χ4v) is 5.59. The molecule has 0 atom stereocenters. The van der Waals surface area contributed by atoms with Gasteiger partial charge in [-0.05, 0) is 68.7 Å². The minimum absolute atomic E-state index is 0.0427. The average Bonchev–Trinajstić information content (AvgIpc) is 2.92. The second-order valence-electron chi connectivity index (χ2n) is 11.0. The first kappa shape index (κ1) is 30.6. The third kappa shape index (κ3) is 7.13. The van der Waals surface area contributed by atoms with Gasteiger partial charge in [-0.3, -0.25) is 9.52 Å². The van der Waals surface area contributed by atoms with E-state index in [9.17, 15) is 35.9 Å². The first-order valence-electron chi connectivity index (χ1n) is 13.3. The minimum Gasteiger partial charge on any atom is -0.395 e. The molecule has 2 saturated heterocycles. The van der Waals surface area contributed by atoms with E-state index >= 15 is 0 Å². The maximum absolute atomic E-state index is 13.6. The van der Waals surface area contributed by atoms with Gasteiger partial charge in [0.2, 0.25) is 10.0 Å². The molecule has 2 aliphatic rings. The number of nitrogens with one attached hydrogen (secondary N) is 2. The summed E-state index contributed by atoms with van der Waals surface area (Å²) in [7, 11) is -4.01. The lowest BCUT2D eigenvalue weighted by Crippen LogP contribution is -2.40. The second kappa shape index (κ2) is 11.9. The fourth-order valence-electron chi connectivity index (χ4n) is 4.70. The number of benzene rings is 2. The molecule has 2 aliphatic heterocycles. The van der Waals surface area contributed by atoms with Gasteiger partial charge < -0.3 is 20.2 Å². The minimum atomic E-state index is -4.01. The van der Waals surface area contributed by atoms with Crippen LogP contribution in [0.25, 0.3) is 0 Å². The molecule has 41 heavy (non-hydrogen) atoms. The van der Waals surface area contributed by atoms with Crippen molar-refractivity contribution in [2.45, 2.75) is 50.2 Å². The fraction of sp³-hybridized carbons (Fsp3) is 0.464. The number of sulfonamides is 1. The van der Waals surface area contributed by atoms with Gasteiger partial charge in [0.25, 0.3) is 17.9 Å². The van der Waals surface area contributed by atoms with Crippen LogP contribution in [0.4, 0.5) is 40.3 Å². The molecule has 8 nitrogen and oxygen atoms in total. The molecule has 2 heterocycles. The van der Waals surface area contributed by atoms with E-state index in [2.05, 4.69) is 10.0 Å². The molecule has 3 N–H and O–H groups in total. The lowest BCUT2D eigenvalue weighted by atomic mass is 10.0. The van der Waals surface area contributed by atoms with Crippen LogP contribution in [-0.2, 0) is 10.0 Å². The van der Waals surface area contributed by atoms with Crippen molar-refractivity contribution in [3.05, 3.63) is 59.7 Å². The van der Waals surface area contributed by atoms with E-state index in [0.29, 0.717) is 17.1 Å². The van der Waals surface area contributed by atoms with Gasteiger partial charge in [0.05, 0.1) is 23.5 Å². The smallest absolute Gasteiger partial charge is 0.269 e. The van der Waals surface area contributed by atoms with Crippen molar-refractivity contribution in [1.29, 1.82) is 0 Å². The maximum atomic E-state index is 13.6. The maximum Gasteiger partial charge on any atom is 0.269 e. The Morgan fingerprint density at radius 1 is 0.976 bits per heavy atom. The van der Waals surface area contributed by atoms with Crippen LogP contribution in [-0.4, -0.2) is 62.9 Å². The van der Waals surface area contributed by atoms with Gasteiger partial charge in [-0.2, -0.15) is 8.78 Å². The summed E-state index contributed by atoms with van der Waals surface area (Å²) in [5, 5.41) is 12.4. The Kier molecular flexibility index (Phi) is 8.88. The zero-order chi connectivity index (χ0) is 30.0. The van der Waals surface area contributed by atoms with E-state index in [1.54, 1.807) is 29.2 Å². The zero-order valence-electron chi connectivity index (χ0n) is 22.9.